The second-order valence-corrected chi connectivity index (χ2v) is 5.00. The molecule has 1 amide bonds. The summed E-state index contributed by atoms with van der Waals surface area (Å²) in [6.45, 7) is 2.07. The molecule has 4 heteroatoms. The Kier molecular flexibility index (Phi) is 5.06. The summed E-state index contributed by atoms with van der Waals surface area (Å²) in [7, 11) is 0. The molecule has 0 aliphatic heterocycles. The number of aliphatic hydroxyl groups is 1. The first-order valence-corrected chi connectivity index (χ1v) is 6.81. The molecule has 0 aliphatic carbocycles. The number of benzene rings is 2. The number of rotatable bonds is 5. The van der Waals surface area contributed by atoms with Gasteiger partial charge in [-0.15, -0.1) is 0 Å². The zero-order valence-corrected chi connectivity index (χ0v) is 11.8. The summed E-state index contributed by atoms with van der Waals surface area (Å²) in [4.78, 5) is 11.8. The molecule has 0 spiro atoms. The molecule has 2 aromatic rings. The van der Waals surface area contributed by atoms with E-state index in [1.165, 1.54) is 6.07 Å². The van der Waals surface area contributed by atoms with Crippen LogP contribution in [0.4, 0.5) is 4.39 Å². The molecule has 2 aromatic carbocycles. The molecule has 0 radical (unpaired) electrons. The molecule has 3 nitrogen and oxygen atoms in total. The van der Waals surface area contributed by atoms with Gasteiger partial charge in [0.15, 0.2) is 0 Å². The minimum atomic E-state index is -0.768. The van der Waals surface area contributed by atoms with E-state index in [0.717, 1.165) is 11.1 Å². The molecule has 0 heterocycles. The van der Waals surface area contributed by atoms with Crippen molar-refractivity contribution in [2.75, 3.05) is 6.54 Å². The number of amides is 1. The second kappa shape index (κ2) is 6.99. The quantitative estimate of drug-likeness (QED) is 0.888. The summed E-state index contributed by atoms with van der Waals surface area (Å²) in [5.41, 5.74) is 2.20. The molecule has 1 atom stereocenters. The van der Waals surface area contributed by atoms with E-state index in [0.29, 0.717) is 5.56 Å². The number of carbonyl (C=O) groups excluding carboxylic acids is 1. The molecular weight excluding hydrogens is 269 g/mol. The molecule has 0 bridgehead atoms. The maximum absolute atomic E-state index is 13.4. The number of carbonyl (C=O) groups is 1. The van der Waals surface area contributed by atoms with E-state index in [1.54, 1.807) is 18.2 Å². The van der Waals surface area contributed by atoms with Gasteiger partial charge in [0.1, 0.15) is 5.82 Å². The van der Waals surface area contributed by atoms with Crippen molar-refractivity contribution < 1.29 is 14.3 Å². The van der Waals surface area contributed by atoms with Gasteiger partial charge in [0.25, 0.3) is 0 Å². The lowest BCUT2D eigenvalue weighted by Crippen LogP contribution is -2.29. The topological polar surface area (TPSA) is 49.3 Å². The minimum Gasteiger partial charge on any atom is -0.387 e. The fourth-order valence-corrected chi connectivity index (χ4v) is 1.99. The van der Waals surface area contributed by atoms with E-state index >= 15 is 0 Å². The summed E-state index contributed by atoms with van der Waals surface area (Å²) in [5, 5.41) is 12.6. The average Bonchev–Trinajstić information content (AvgIpc) is 2.48. The highest BCUT2D eigenvalue weighted by atomic mass is 19.1. The lowest BCUT2D eigenvalue weighted by atomic mass is 10.1. The van der Waals surface area contributed by atoms with Crippen molar-refractivity contribution in [3.63, 3.8) is 0 Å². The van der Waals surface area contributed by atoms with E-state index in [4.69, 9.17) is 0 Å². The van der Waals surface area contributed by atoms with Crippen LogP contribution in [0.25, 0.3) is 0 Å². The van der Waals surface area contributed by atoms with Crippen LogP contribution in [0.1, 0.15) is 22.8 Å². The number of aliphatic hydroxyl groups excluding tert-OH is 1. The van der Waals surface area contributed by atoms with Crippen molar-refractivity contribution in [2.24, 2.45) is 0 Å². The highest BCUT2D eigenvalue weighted by Gasteiger charge is 2.11. The van der Waals surface area contributed by atoms with Crippen LogP contribution in [-0.4, -0.2) is 17.6 Å². The van der Waals surface area contributed by atoms with Gasteiger partial charge in [-0.25, -0.2) is 4.39 Å². The largest absolute Gasteiger partial charge is 0.387 e. The summed E-state index contributed by atoms with van der Waals surface area (Å²) in [6, 6.07) is 13.6. The van der Waals surface area contributed by atoms with Crippen LogP contribution in [0.2, 0.25) is 0 Å². The van der Waals surface area contributed by atoms with Gasteiger partial charge in [-0.2, -0.15) is 0 Å². The van der Waals surface area contributed by atoms with Gasteiger partial charge in [0.2, 0.25) is 5.91 Å². The van der Waals surface area contributed by atoms with Crippen LogP contribution < -0.4 is 5.32 Å². The molecule has 0 aliphatic rings. The average molecular weight is 287 g/mol. The van der Waals surface area contributed by atoms with Gasteiger partial charge in [0.05, 0.1) is 12.5 Å². The normalized spacial score (nSPS) is 12.0. The smallest absolute Gasteiger partial charge is 0.224 e. The monoisotopic (exact) mass is 287 g/mol. The zero-order chi connectivity index (χ0) is 15.2. The van der Waals surface area contributed by atoms with Crippen molar-refractivity contribution in [3.8, 4) is 0 Å². The Morgan fingerprint density at radius 3 is 2.52 bits per heavy atom. The van der Waals surface area contributed by atoms with E-state index in [-0.39, 0.29) is 18.9 Å². The first-order valence-electron chi connectivity index (χ1n) is 6.81. The van der Waals surface area contributed by atoms with Crippen molar-refractivity contribution in [2.45, 2.75) is 19.4 Å². The van der Waals surface area contributed by atoms with Crippen LogP contribution in [0, 0.1) is 12.7 Å². The first-order chi connectivity index (χ1) is 10.1. The number of hydrogen-bond donors (Lipinski definition) is 2. The van der Waals surface area contributed by atoms with Crippen molar-refractivity contribution in [1.29, 1.82) is 0 Å². The summed E-state index contributed by atoms with van der Waals surface area (Å²) in [5.74, 6) is -0.710. The van der Waals surface area contributed by atoms with Crippen molar-refractivity contribution in [3.05, 3.63) is 71.0 Å². The Balaban J connectivity index is 1.86. The third-order valence-corrected chi connectivity index (χ3v) is 3.26. The van der Waals surface area contributed by atoms with Gasteiger partial charge in [-0.05, 0) is 24.1 Å². The minimum absolute atomic E-state index is 0.0344. The molecular formula is C17H18FNO2. The van der Waals surface area contributed by atoms with Gasteiger partial charge in [-0.1, -0.05) is 48.0 Å². The summed E-state index contributed by atoms with van der Waals surface area (Å²) in [6.07, 6.45) is -0.803. The van der Waals surface area contributed by atoms with Crippen LogP contribution in [0.15, 0.2) is 48.5 Å². The lowest BCUT2D eigenvalue weighted by Gasteiger charge is -2.12. The predicted octanol–water partition coefficient (Wildman–Crippen LogP) is 2.53. The number of halogens is 1. The molecule has 0 saturated heterocycles. The van der Waals surface area contributed by atoms with E-state index in [9.17, 15) is 14.3 Å². The molecule has 2 N–H and O–H groups in total. The summed E-state index contributed by atoms with van der Waals surface area (Å²) >= 11 is 0. The predicted molar refractivity (Wildman–Crippen MR) is 79.3 cm³/mol. The number of aryl methyl sites for hydroxylation is 1. The van der Waals surface area contributed by atoms with Gasteiger partial charge in [-0.3, -0.25) is 4.79 Å². The number of nitrogens with one attached hydrogen (secondary N) is 1. The Hall–Kier alpha value is -2.20. The van der Waals surface area contributed by atoms with Crippen molar-refractivity contribution >= 4 is 5.91 Å². The van der Waals surface area contributed by atoms with E-state index < -0.39 is 11.9 Å². The van der Waals surface area contributed by atoms with Gasteiger partial charge >= 0.3 is 0 Å². The lowest BCUT2D eigenvalue weighted by molar-refractivity contribution is -0.120. The third kappa shape index (κ3) is 4.39. The Bertz CT molecular complexity index is 610. The van der Waals surface area contributed by atoms with Crippen molar-refractivity contribution in [1.82, 2.24) is 5.32 Å². The maximum Gasteiger partial charge on any atom is 0.224 e. The van der Waals surface area contributed by atoms with Crippen LogP contribution in [-0.2, 0) is 11.2 Å². The molecule has 110 valence electrons. The molecule has 0 aromatic heterocycles. The Morgan fingerprint density at radius 1 is 1.19 bits per heavy atom. The van der Waals surface area contributed by atoms with E-state index in [2.05, 4.69) is 5.32 Å². The third-order valence-electron chi connectivity index (χ3n) is 3.26. The standard InChI is InChI=1S/C17H18FNO2/c1-12-6-8-13(9-7-12)16(20)11-19-17(21)10-14-4-2-3-5-15(14)18/h2-9,16,20H,10-11H2,1H3,(H,19,21). The van der Waals surface area contributed by atoms with Crippen LogP contribution in [0.3, 0.4) is 0 Å². The molecule has 0 saturated carbocycles. The fraction of sp³-hybridized carbons (Fsp3) is 0.235. The Labute approximate surface area is 123 Å². The number of hydrogen-bond acceptors (Lipinski definition) is 2. The highest BCUT2D eigenvalue weighted by Crippen LogP contribution is 2.13. The molecule has 2 rings (SSSR count). The fourth-order valence-electron chi connectivity index (χ4n) is 1.99. The van der Waals surface area contributed by atoms with Crippen LogP contribution >= 0.6 is 0 Å². The molecule has 1 unspecified atom stereocenters. The van der Waals surface area contributed by atoms with Crippen LogP contribution in [0.5, 0.6) is 0 Å². The molecule has 0 fully saturated rings. The van der Waals surface area contributed by atoms with E-state index in [1.807, 2.05) is 31.2 Å². The van der Waals surface area contributed by atoms with Gasteiger partial charge < -0.3 is 10.4 Å². The maximum atomic E-state index is 13.4. The molecule has 21 heavy (non-hydrogen) atoms. The van der Waals surface area contributed by atoms with Gasteiger partial charge in [0, 0.05) is 6.54 Å². The highest BCUT2D eigenvalue weighted by molar-refractivity contribution is 5.78. The SMILES string of the molecule is Cc1ccc(C(O)CNC(=O)Cc2ccccc2F)cc1. The zero-order valence-electron chi connectivity index (χ0n) is 11.8. The Morgan fingerprint density at radius 2 is 1.86 bits per heavy atom. The summed E-state index contributed by atoms with van der Waals surface area (Å²) < 4.78 is 13.4. The first kappa shape index (κ1) is 15.2. The second-order valence-electron chi connectivity index (χ2n) is 5.00.